The first kappa shape index (κ1) is 17.5. The van der Waals surface area contributed by atoms with Crippen LogP contribution in [-0.2, 0) is 13.1 Å². The number of nitrogens with zero attached hydrogens (tertiary/aromatic N) is 4. The van der Waals surface area contributed by atoms with Crippen LogP contribution in [0.15, 0.2) is 34.0 Å². The summed E-state index contributed by atoms with van der Waals surface area (Å²) in [5.41, 5.74) is 0. The topological polar surface area (TPSA) is 80.3 Å². The normalized spacial score (nSPS) is 11.0. The van der Waals surface area contributed by atoms with Crippen molar-refractivity contribution in [2.75, 3.05) is 13.1 Å². The largest absolute Gasteiger partial charge is 0.357 e. The smallest absolute Gasteiger partial charge is 0.223 e. The number of halogens is 1. The molecule has 2 rings (SSSR count). The van der Waals surface area contributed by atoms with E-state index in [4.69, 9.17) is 4.52 Å². The molecule has 0 saturated carbocycles. The van der Waals surface area contributed by atoms with E-state index < -0.39 is 0 Å². The Morgan fingerprint density at radius 1 is 1.33 bits per heavy atom. The molecule has 0 amide bonds. The lowest BCUT2D eigenvalue weighted by molar-refractivity contribution is 0.387. The zero-order valence-corrected chi connectivity index (χ0v) is 14.6. The summed E-state index contributed by atoms with van der Waals surface area (Å²) in [6, 6.07) is 4.02. The van der Waals surface area contributed by atoms with Gasteiger partial charge in [0.2, 0.25) is 5.89 Å². The molecule has 2 aromatic rings. The third-order valence-electron chi connectivity index (χ3n) is 2.62. The van der Waals surface area contributed by atoms with Gasteiger partial charge >= 0.3 is 0 Å². The molecule has 0 aliphatic heterocycles. The molecule has 0 spiro atoms. The minimum Gasteiger partial charge on any atom is -0.357 e. The van der Waals surface area contributed by atoms with E-state index in [9.17, 15) is 0 Å². The van der Waals surface area contributed by atoms with Crippen LogP contribution in [0.2, 0.25) is 0 Å². The SMILES string of the molecule is CCNC(=NCc1noc(C)n1)NCCn1cccc1.I. The molecule has 0 saturated heterocycles. The maximum absolute atomic E-state index is 4.91. The van der Waals surface area contributed by atoms with Crippen LogP contribution in [0.1, 0.15) is 18.6 Å². The van der Waals surface area contributed by atoms with E-state index in [1.807, 2.05) is 31.5 Å². The van der Waals surface area contributed by atoms with Crippen molar-refractivity contribution in [2.45, 2.75) is 26.9 Å². The number of nitrogens with one attached hydrogen (secondary N) is 2. The molecule has 0 unspecified atom stereocenters. The van der Waals surface area contributed by atoms with Crippen LogP contribution in [0.25, 0.3) is 0 Å². The van der Waals surface area contributed by atoms with Crippen molar-refractivity contribution in [3.8, 4) is 0 Å². The first-order valence-corrected chi connectivity index (χ1v) is 6.70. The molecule has 0 aromatic carbocycles. The first-order valence-electron chi connectivity index (χ1n) is 6.70. The predicted octanol–water partition coefficient (Wildman–Crippen LogP) is 1.55. The van der Waals surface area contributed by atoms with E-state index in [-0.39, 0.29) is 24.0 Å². The summed E-state index contributed by atoms with van der Waals surface area (Å²) >= 11 is 0. The number of hydrogen-bond acceptors (Lipinski definition) is 4. The quantitative estimate of drug-likeness (QED) is 0.434. The lowest BCUT2D eigenvalue weighted by Crippen LogP contribution is -2.38. The van der Waals surface area contributed by atoms with Crippen LogP contribution >= 0.6 is 24.0 Å². The molecular weight excluding hydrogens is 383 g/mol. The van der Waals surface area contributed by atoms with Crippen LogP contribution in [-0.4, -0.2) is 33.8 Å². The highest BCUT2D eigenvalue weighted by molar-refractivity contribution is 14.0. The van der Waals surface area contributed by atoms with Crippen molar-refractivity contribution in [1.82, 2.24) is 25.3 Å². The summed E-state index contributed by atoms with van der Waals surface area (Å²) < 4.78 is 7.02. The molecule has 0 bridgehead atoms. The molecule has 2 aromatic heterocycles. The molecule has 0 aliphatic rings. The Morgan fingerprint density at radius 2 is 2.10 bits per heavy atom. The van der Waals surface area contributed by atoms with Crippen molar-refractivity contribution in [3.05, 3.63) is 36.2 Å². The van der Waals surface area contributed by atoms with Gasteiger partial charge in [-0.3, -0.25) is 0 Å². The minimum absolute atomic E-state index is 0. The van der Waals surface area contributed by atoms with Gasteiger partial charge in [0.05, 0.1) is 0 Å². The Labute approximate surface area is 141 Å². The fourth-order valence-electron chi connectivity index (χ4n) is 1.72. The van der Waals surface area contributed by atoms with Gasteiger partial charge in [-0.15, -0.1) is 24.0 Å². The number of aryl methyl sites for hydroxylation is 1. The van der Waals surface area contributed by atoms with E-state index in [2.05, 4.69) is 30.3 Å². The lowest BCUT2D eigenvalue weighted by atomic mass is 10.5. The molecule has 7 nitrogen and oxygen atoms in total. The molecule has 2 N–H and O–H groups in total. The maximum atomic E-state index is 4.91. The molecule has 0 radical (unpaired) electrons. The van der Waals surface area contributed by atoms with Gasteiger partial charge in [0.1, 0.15) is 6.54 Å². The summed E-state index contributed by atoms with van der Waals surface area (Å²) in [6.07, 6.45) is 4.07. The van der Waals surface area contributed by atoms with Gasteiger partial charge in [0.25, 0.3) is 0 Å². The second kappa shape index (κ2) is 9.37. The number of aromatic nitrogens is 3. The van der Waals surface area contributed by atoms with E-state index in [1.54, 1.807) is 6.92 Å². The average Bonchev–Trinajstić information content (AvgIpc) is 3.07. The van der Waals surface area contributed by atoms with Crippen LogP contribution in [0.3, 0.4) is 0 Å². The maximum Gasteiger partial charge on any atom is 0.223 e. The van der Waals surface area contributed by atoms with Gasteiger partial charge in [-0.05, 0) is 19.1 Å². The fourth-order valence-corrected chi connectivity index (χ4v) is 1.72. The minimum atomic E-state index is 0. The van der Waals surface area contributed by atoms with Crippen LogP contribution in [0.5, 0.6) is 0 Å². The lowest BCUT2D eigenvalue weighted by Gasteiger charge is -2.11. The fraction of sp³-hybridized carbons (Fsp3) is 0.462. The van der Waals surface area contributed by atoms with Gasteiger partial charge in [-0.2, -0.15) is 4.98 Å². The monoisotopic (exact) mass is 404 g/mol. The number of aliphatic imine (C=N–C) groups is 1. The van der Waals surface area contributed by atoms with Crippen molar-refractivity contribution >= 4 is 29.9 Å². The van der Waals surface area contributed by atoms with Gasteiger partial charge in [-0.1, -0.05) is 5.16 Å². The second-order valence-electron chi connectivity index (χ2n) is 4.27. The van der Waals surface area contributed by atoms with Crippen LogP contribution in [0, 0.1) is 6.92 Å². The van der Waals surface area contributed by atoms with Crippen LogP contribution in [0.4, 0.5) is 0 Å². The molecule has 2 heterocycles. The summed E-state index contributed by atoms with van der Waals surface area (Å²) in [5.74, 6) is 1.90. The standard InChI is InChI=1S/C13H20N6O.HI/c1-3-14-13(15-6-9-19-7-4-5-8-19)16-10-12-17-11(2)20-18-12;/h4-5,7-8H,3,6,9-10H2,1-2H3,(H2,14,15,16);1H. The van der Waals surface area contributed by atoms with Crippen LogP contribution < -0.4 is 10.6 Å². The van der Waals surface area contributed by atoms with E-state index in [1.165, 1.54) is 0 Å². The molecular formula is C13H21IN6O. The zero-order valence-electron chi connectivity index (χ0n) is 12.2. The van der Waals surface area contributed by atoms with Gasteiger partial charge in [0.15, 0.2) is 11.8 Å². The van der Waals surface area contributed by atoms with E-state index >= 15 is 0 Å². The summed E-state index contributed by atoms with van der Waals surface area (Å²) in [4.78, 5) is 8.54. The number of rotatable bonds is 6. The molecule has 0 atom stereocenters. The zero-order chi connectivity index (χ0) is 14.2. The highest BCUT2D eigenvalue weighted by atomic mass is 127. The Kier molecular flexibility index (Phi) is 7.80. The predicted molar refractivity (Wildman–Crippen MR) is 91.7 cm³/mol. The van der Waals surface area contributed by atoms with Crippen molar-refractivity contribution in [3.63, 3.8) is 0 Å². The highest BCUT2D eigenvalue weighted by Crippen LogP contribution is 1.96. The van der Waals surface area contributed by atoms with Gasteiger partial charge < -0.3 is 19.7 Å². The Bertz CT molecular complexity index is 537. The molecule has 21 heavy (non-hydrogen) atoms. The average molecular weight is 404 g/mol. The van der Waals surface area contributed by atoms with Crippen molar-refractivity contribution in [2.24, 2.45) is 4.99 Å². The number of guanidine groups is 1. The van der Waals surface area contributed by atoms with Gasteiger partial charge in [-0.25, -0.2) is 4.99 Å². The summed E-state index contributed by atoms with van der Waals surface area (Å²) in [6.45, 7) is 6.68. The summed E-state index contributed by atoms with van der Waals surface area (Å²) in [5, 5.41) is 10.3. The third kappa shape index (κ3) is 6.15. The Hall–Kier alpha value is -1.58. The second-order valence-corrected chi connectivity index (χ2v) is 4.27. The Morgan fingerprint density at radius 3 is 2.71 bits per heavy atom. The highest BCUT2D eigenvalue weighted by Gasteiger charge is 2.02. The molecule has 8 heteroatoms. The Balaban J connectivity index is 0.00000220. The summed E-state index contributed by atoms with van der Waals surface area (Å²) in [7, 11) is 0. The number of hydrogen-bond donors (Lipinski definition) is 2. The first-order chi connectivity index (χ1) is 9.78. The third-order valence-corrected chi connectivity index (χ3v) is 2.62. The van der Waals surface area contributed by atoms with E-state index in [0.29, 0.717) is 18.3 Å². The van der Waals surface area contributed by atoms with E-state index in [0.717, 1.165) is 25.6 Å². The molecule has 116 valence electrons. The molecule has 0 fully saturated rings. The molecule has 0 aliphatic carbocycles. The van der Waals surface area contributed by atoms with Gasteiger partial charge in [0, 0.05) is 39.0 Å². The van der Waals surface area contributed by atoms with Crippen molar-refractivity contribution in [1.29, 1.82) is 0 Å². The van der Waals surface area contributed by atoms with Crippen molar-refractivity contribution < 1.29 is 4.52 Å².